The lowest BCUT2D eigenvalue weighted by atomic mass is 10.3. The maximum absolute atomic E-state index is 12.1. The van der Waals surface area contributed by atoms with Gasteiger partial charge in [0, 0.05) is 37.8 Å². The number of para-hydroxylation sites is 1. The zero-order valence-corrected chi connectivity index (χ0v) is 14.3. The number of nitrogens with one attached hydrogen (secondary N) is 1. The summed E-state index contributed by atoms with van der Waals surface area (Å²) in [7, 11) is -2.22. The number of amides is 1. The standard InChI is InChI=1S/C16H17N3O5S/c1-18(13-5-3-2-4-6-13)16(20)11-12-17-25(23,24)15-9-7-14(8-10-15)19(21)22/h2-10,17H,11-12H2,1H3. The summed E-state index contributed by atoms with van der Waals surface area (Å²) in [5, 5.41) is 10.6. The summed E-state index contributed by atoms with van der Waals surface area (Å²) in [4.78, 5) is 23.4. The molecular formula is C16H17N3O5S. The Morgan fingerprint density at radius 1 is 1.12 bits per heavy atom. The Labute approximate surface area is 145 Å². The average molecular weight is 363 g/mol. The molecule has 0 aliphatic carbocycles. The van der Waals surface area contributed by atoms with Gasteiger partial charge in [0.25, 0.3) is 5.69 Å². The second-order valence-corrected chi connectivity index (χ2v) is 6.95. The van der Waals surface area contributed by atoms with E-state index >= 15 is 0 Å². The van der Waals surface area contributed by atoms with Crippen LogP contribution in [0.2, 0.25) is 0 Å². The van der Waals surface area contributed by atoms with E-state index in [9.17, 15) is 23.3 Å². The summed E-state index contributed by atoms with van der Waals surface area (Å²) >= 11 is 0. The Balaban J connectivity index is 1.93. The highest BCUT2D eigenvalue weighted by Crippen LogP contribution is 2.16. The normalized spacial score (nSPS) is 11.1. The number of nitro groups is 1. The minimum absolute atomic E-state index is 0.0163. The summed E-state index contributed by atoms with van der Waals surface area (Å²) in [6, 6.07) is 13.5. The Morgan fingerprint density at radius 2 is 1.72 bits per heavy atom. The van der Waals surface area contributed by atoms with Gasteiger partial charge in [-0.1, -0.05) is 18.2 Å². The number of anilines is 1. The van der Waals surface area contributed by atoms with Crippen molar-refractivity contribution in [2.24, 2.45) is 0 Å². The highest BCUT2D eigenvalue weighted by atomic mass is 32.2. The van der Waals surface area contributed by atoms with Gasteiger partial charge in [-0.2, -0.15) is 0 Å². The first kappa shape index (κ1) is 18.6. The number of hydrogen-bond acceptors (Lipinski definition) is 5. The van der Waals surface area contributed by atoms with Gasteiger partial charge in [-0.25, -0.2) is 13.1 Å². The predicted molar refractivity (Wildman–Crippen MR) is 92.8 cm³/mol. The largest absolute Gasteiger partial charge is 0.315 e. The molecule has 1 N–H and O–H groups in total. The molecule has 132 valence electrons. The van der Waals surface area contributed by atoms with E-state index in [1.807, 2.05) is 6.07 Å². The summed E-state index contributed by atoms with van der Waals surface area (Å²) in [5.74, 6) is -0.238. The molecule has 0 aliphatic rings. The van der Waals surface area contributed by atoms with Crippen molar-refractivity contribution in [3.63, 3.8) is 0 Å². The number of carbonyl (C=O) groups is 1. The maximum Gasteiger partial charge on any atom is 0.269 e. The molecule has 0 saturated carbocycles. The zero-order chi connectivity index (χ0) is 18.4. The van der Waals surface area contributed by atoms with E-state index in [0.717, 1.165) is 24.3 Å². The lowest BCUT2D eigenvalue weighted by Gasteiger charge is -2.17. The molecule has 2 rings (SSSR count). The molecule has 0 atom stereocenters. The van der Waals surface area contributed by atoms with Gasteiger partial charge in [0.05, 0.1) is 9.82 Å². The van der Waals surface area contributed by atoms with Crippen LogP contribution >= 0.6 is 0 Å². The van der Waals surface area contributed by atoms with E-state index < -0.39 is 14.9 Å². The topological polar surface area (TPSA) is 110 Å². The third kappa shape index (κ3) is 4.85. The molecule has 0 heterocycles. The number of benzene rings is 2. The number of hydrogen-bond donors (Lipinski definition) is 1. The number of nitrogens with zero attached hydrogens (tertiary/aromatic N) is 2. The molecule has 1 amide bonds. The molecule has 9 heteroatoms. The third-order valence-electron chi connectivity index (χ3n) is 3.51. The molecule has 0 unspecified atom stereocenters. The van der Waals surface area contributed by atoms with E-state index in [1.165, 1.54) is 4.90 Å². The van der Waals surface area contributed by atoms with Crippen LogP contribution in [0.15, 0.2) is 59.5 Å². The Morgan fingerprint density at radius 3 is 2.28 bits per heavy atom. The number of non-ortho nitro benzene ring substituents is 1. The first-order valence-corrected chi connectivity index (χ1v) is 8.85. The smallest absolute Gasteiger partial charge is 0.269 e. The molecule has 0 aromatic heterocycles. The first-order valence-electron chi connectivity index (χ1n) is 7.37. The Hall–Kier alpha value is -2.78. The van der Waals surface area contributed by atoms with Crippen LogP contribution in [-0.2, 0) is 14.8 Å². The van der Waals surface area contributed by atoms with Crippen LogP contribution in [0.4, 0.5) is 11.4 Å². The fraction of sp³-hybridized carbons (Fsp3) is 0.188. The SMILES string of the molecule is CN(C(=O)CCNS(=O)(=O)c1ccc([N+](=O)[O-])cc1)c1ccccc1. The van der Waals surface area contributed by atoms with Crippen LogP contribution < -0.4 is 9.62 Å². The minimum Gasteiger partial charge on any atom is -0.315 e. The number of nitro benzene ring substituents is 1. The maximum atomic E-state index is 12.1. The molecule has 0 saturated heterocycles. The third-order valence-corrected chi connectivity index (χ3v) is 4.98. The summed E-state index contributed by atoms with van der Waals surface area (Å²) in [5.41, 5.74) is 0.518. The Kier molecular flexibility index (Phi) is 5.84. The van der Waals surface area contributed by atoms with Crippen LogP contribution in [0.5, 0.6) is 0 Å². The fourth-order valence-corrected chi connectivity index (χ4v) is 3.12. The van der Waals surface area contributed by atoms with Gasteiger partial charge < -0.3 is 4.90 Å². The number of rotatable bonds is 7. The number of carbonyl (C=O) groups excluding carboxylic acids is 1. The highest BCUT2D eigenvalue weighted by molar-refractivity contribution is 7.89. The van der Waals surface area contributed by atoms with Crippen molar-refractivity contribution < 1.29 is 18.1 Å². The van der Waals surface area contributed by atoms with Gasteiger partial charge in [0.15, 0.2) is 0 Å². The van der Waals surface area contributed by atoms with Gasteiger partial charge in [0.2, 0.25) is 15.9 Å². The van der Waals surface area contributed by atoms with E-state index in [1.54, 1.807) is 31.3 Å². The van der Waals surface area contributed by atoms with Crippen molar-refractivity contribution in [1.82, 2.24) is 4.72 Å². The average Bonchev–Trinajstić information content (AvgIpc) is 2.61. The van der Waals surface area contributed by atoms with E-state index in [0.29, 0.717) is 5.69 Å². The van der Waals surface area contributed by atoms with Gasteiger partial charge in [-0.05, 0) is 24.3 Å². The van der Waals surface area contributed by atoms with Crippen molar-refractivity contribution in [3.8, 4) is 0 Å². The first-order chi connectivity index (χ1) is 11.8. The second kappa shape index (κ2) is 7.86. The van der Waals surface area contributed by atoms with Crippen LogP contribution in [0.1, 0.15) is 6.42 Å². The van der Waals surface area contributed by atoms with Crippen LogP contribution in [-0.4, -0.2) is 32.8 Å². The monoisotopic (exact) mass is 363 g/mol. The van der Waals surface area contributed by atoms with E-state index in [2.05, 4.69) is 4.72 Å². The molecule has 0 fully saturated rings. The number of sulfonamides is 1. The van der Waals surface area contributed by atoms with Crippen molar-refractivity contribution in [2.75, 3.05) is 18.5 Å². The quantitative estimate of drug-likeness (QED) is 0.597. The van der Waals surface area contributed by atoms with E-state index in [-0.39, 0.29) is 29.5 Å². The van der Waals surface area contributed by atoms with E-state index in [4.69, 9.17) is 0 Å². The summed E-state index contributed by atoms with van der Waals surface area (Å²) in [6.07, 6.45) is -0.0163. The molecule has 0 bridgehead atoms. The van der Waals surface area contributed by atoms with Crippen molar-refractivity contribution in [2.45, 2.75) is 11.3 Å². The summed E-state index contributed by atoms with van der Waals surface area (Å²) < 4.78 is 26.6. The second-order valence-electron chi connectivity index (χ2n) is 5.19. The molecule has 0 spiro atoms. The molecule has 0 aliphatic heterocycles. The van der Waals surface area contributed by atoms with Gasteiger partial charge in [0.1, 0.15) is 0 Å². The molecule has 2 aromatic rings. The lowest BCUT2D eigenvalue weighted by molar-refractivity contribution is -0.384. The van der Waals surface area contributed by atoms with Crippen LogP contribution in [0.25, 0.3) is 0 Å². The fourth-order valence-electron chi connectivity index (χ4n) is 2.09. The molecule has 8 nitrogen and oxygen atoms in total. The summed E-state index contributed by atoms with van der Waals surface area (Å²) in [6.45, 7) is -0.0741. The highest BCUT2D eigenvalue weighted by Gasteiger charge is 2.17. The molecule has 25 heavy (non-hydrogen) atoms. The Bertz CT molecular complexity index is 851. The predicted octanol–water partition coefficient (Wildman–Crippen LogP) is 1.93. The van der Waals surface area contributed by atoms with Gasteiger partial charge in [-0.15, -0.1) is 0 Å². The molecule has 2 aromatic carbocycles. The lowest BCUT2D eigenvalue weighted by Crippen LogP contribution is -2.32. The van der Waals surface area contributed by atoms with Crippen molar-refractivity contribution >= 4 is 27.3 Å². The zero-order valence-electron chi connectivity index (χ0n) is 13.5. The molecule has 0 radical (unpaired) electrons. The van der Waals surface area contributed by atoms with Crippen molar-refractivity contribution in [3.05, 3.63) is 64.7 Å². The van der Waals surface area contributed by atoms with Crippen LogP contribution in [0.3, 0.4) is 0 Å². The van der Waals surface area contributed by atoms with Crippen molar-refractivity contribution in [1.29, 1.82) is 0 Å². The minimum atomic E-state index is -3.83. The van der Waals surface area contributed by atoms with Crippen LogP contribution in [0, 0.1) is 10.1 Å². The van der Waals surface area contributed by atoms with Gasteiger partial charge >= 0.3 is 0 Å². The van der Waals surface area contributed by atoms with Gasteiger partial charge in [-0.3, -0.25) is 14.9 Å². The molecular weight excluding hydrogens is 346 g/mol.